The number of aliphatic carboxylic acids is 1. The molecule has 1 N–H and O–H groups in total. The number of aryl methyl sites for hydroxylation is 2. The molecule has 1 unspecified atom stereocenters. The van der Waals surface area contributed by atoms with E-state index < -0.39 is 11.4 Å². The second-order valence-electron chi connectivity index (χ2n) is 4.15. The molecule has 0 aliphatic rings. The lowest BCUT2D eigenvalue weighted by atomic mass is 9.84. The van der Waals surface area contributed by atoms with Crippen LogP contribution in [0.3, 0.4) is 0 Å². The lowest BCUT2D eigenvalue weighted by Crippen LogP contribution is -2.29. The first-order valence-electron chi connectivity index (χ1n) is 5.05. The zero-order valence-corrected chi connectivity index (χ0v) is 10.4. The van der Waals surface area contributed by atoms with Crippen molar-refractivity contribution in [1.82, 2.24) is 4.98 Å². The minimum atomic E-state index is -0.740. The molecular weight excluding hydrogens is 210 g/mol. The number of carboxylic acids is 1. The third-order valence-electron chi connectivity index (χ3n) is 2.91. The van der Waals surface area contributed by atoms with E-state index in [1.165, 1.54) is 4.88 Å². The largest absolute Gasteiger partial charge is 0.481 e. The van der Waals surface area contributed by atoms with Crippen LogP contribution in [0.25, 0.3) is 0 Å². The summed E-state index contributed by atoms with van der Waals surface area (Å²) in [5, 5.41) is 10.1. The molecule has 0 bridgehead atoms. The maximum Gasteiger partial charge on any atom is 0.309 e. The first-order chi connectivity index (χ1) is 6.89. The van der Waals surface area contributed by atoms with Gasteiger partial charge < -0.3 is 5.11 Å². The van der Waals surface area contributed by atoms with E-state index in [1.807, 2.05) is 20.8 Å². The predicted molar refractivity (Wildman–Crippen MR) is 61.3 cm³/mol. The fraction of sp³-hybridized carbons (Fsp3) is 0.636. The summed E-state index contributed by atoms with van der Waals surface area (Å²) in [6.45, 7) is 7.66. The van der Waals surface area contributed by atoms with Crippen molar-refractivity contribution in [3.63, 3.8) is 0 Å². The molecule has 15 heavy (non-hydrogen) atoms. The maximum atomic E-state index is 11.1. The Hall–Kier alpha value is -0.900. The van der Waals surface area contributed by atoms with E-state index >= 15 is 0 Å². The van der Waals surface area contributed by atoms with E-state index in [0.717, 1.165) is 10.7 Å². The molecule has 1 heterocycles. The number of rotatable bonds is 4. The molecule has 3 nitrogen and oxygen atoms in total. The predicted octanol–water partition coefficient (Wildman–Crippen LogP) is 2.80. The highest BCUT2D eigenvalue weighted by atomic mass is 32.1. The van der Waals surface area contributed by atoms with E-state index in [9.17, 15) is 4.79 Å². The Bertz CT molecular complexity index is 353. The van der Waals surface area contributed by atoms with Gasteiger partial charge in [0.05, 0.1) is 16.1 Å². The summed E-state index contributed by atoms with van der Waals surface area (Å²) in [5.41, 5.74) is 0.329. The van der Waals surface area contributed by atoms with Gasteiger partial charge in [-0.15, -0.1) is 11.3 Å². The zero-order valence-electron chi connectivity index (χ0n) is 9.63. The smallest absolute Gasteiger partial charge is 0.309 e. The van der Waals surface area contributed by atoms with Crippen molar-refractivity contribution in [1.29, 1.82) is 0 Å². The molecule has 0 fully saturated rings. The van der Waals surface area contributed by atoms with Crippen molar-refractivity contribution in [2.45, 2.75) is 40.5 Å². The molecule has 1 aromatic heterocycles. The second kappa shape index (κ2) is 4.31. The second-order valence-corrected chi connectivity index (χ2v) is 5.43. The number of hydrogen-bond donors (Lipinski definition) is 1. The van der Waals surface area contributed by atoms with Crippen LogP contribution in [-0.4, -0.2) is 16.1 Å². The number of thiazole rings is 1. The lowest BCUT2D eigenvalue weighted by molar-refractivity contribution is -0.148. The monoisotopic (exact) mass is 227 g/mol. The van der Waals surface area contributed by atoms with Gasteiger partial charge in [-0.2, -0.15) is 0 Å². The molecule has 4 heteroatoms. The quantitative estimate of drug-likeness (QED) is 0.860. The average Bonchev–Trinajstić information content (AvgIpc) is 2.45. The summed E-state index contributed by atoms with van der Waals surface area (Å²) < 4.78 is 0. The molecule has 0 saturated heterocycles. The van der Waals surface area contributed by atoms with Crippen LogP contribution < -0.4 is 0 Å². The Balaban J connectivity index is 2.88. The van der Waals surface area contributed by atoms with Gasteiger partial charge >= 0.3 is 5.97 Å². The van der Waals surface area contributed by atoms with Crippen LogP contribution in [0.2, 0.25) is 0 Å². The van der Waals surface area contributed by atoms with Gasteiger partial charge in [0.15, 0.2) is 0 Å². The summed E-state index contributed by atoms with van der Waals surface area (Å²) in [4.78, 5) is 16.7. The molecule has 1 rings (SSSR count). The van der Waals surface area contributed by atoms with Crippen molar-refractivity contribution >= 4 is 17.3 Å². The lowest BCUT2D eigenvalue weighted by Gasteiger charge is -2.21. The topological polar surface area (TPSA) is 50.2 Å². The van der Waals surface area contributed by atoms with Crippen LogP contribution in [0.15, 0.2) is 0 Å². The number of nitrogens with zero attached hydrogens (tertiary/aromatic N) is 1. The molecule has 0 aliphatic carbocycles. The van der Waals surface area contributed by atoms with E-state index in [2.05, 4.69) is 4.98 Å². The number of aromatic nitrogens is 1. The summed E-state index contributed by atoms with van der Waals surface area (Å²) >= 11 is 1.60. The summed E-state index contributed by atoms with van der Waals surface area (Å²) in [5.74, 6) is -0.740. The third-order valence-corrected chi connectivity index (χ3v) is 3.98. The summed E-state index contributed by atoms with van der Waals surface area (Å²) in [6.07, 6.45) is 1.15. The normalized spacial score (nSPS) is 14.9. The van der Waals surface area contributed by atoms with E-state index in [-0.39, 0.29) is 0 Å². The SMILES string of the molecule is CCC(C)(Cc1nc(C)c(C)s1)C(=O)O. The van der Waals surface area contributed by atoms with E-state index in [1.54, 1.807) is 18.3 Å². The van der Waals surface area contributed by atoms with Gasteiger partial charge in [-0.3, -0.25) is 4.79 Å². The molecule has 0 aliphatic heterocycles. The number of carbonyl (C=O) groups is 1. The highest BCUT2D eigenvalue weighted by Gasteiger charge is 2.32. The van der Waals surface area contributed by atoms with Crippen LogP contribution in [-0.2, 0) is 11.2 Å². The molecule has 0 saturated carbocycles. The highest BCUT2D eigenvalue weighted by molar-refractivity contribution is 7.11. The average molecular weight is 227 g/mol. The van der Waals surface area contributed by atoms with Gasteiger partial charge in [0.2, 0.25) is 0 Å². The van der Waals surface area contributed by atoms with Gasteiger partial charge in [-0.25, -0.2) is 4.98 Å². The van der Waals surface area contributed by atoms with Crippen molar-refractivity contribution in [3.8, 4) is 0 Å². The number of carboxylic acid groups (broad SMARTS) is 1. The van der Waals surface area contributed by atoms with Crippen LogP contribution in [0, 0.1) is 19.3 Å². The Labute approximate surface area is 94.2 Å². The minimum Gasteiger partial charge on any atom is -0.481 e. The summed E-state index contributed by atoms with van der Waals surface area (Å²) in [6, 6.07) is 0. The van der Waals surface area contributed by atoms with Gasteiger partial charge in [0, 0.05) is 11.3 Å². The molecular formula is C11H17NO2S. The molecule has 0 spiro atoms. The standard InChI is InChI=1S/C11H17NO2S/c1-5-11(4,10(13)14)6-9-12-7(2)8(3)15-9/h5-6H2,1-4H3,(H,13,14). The molecule has 1 aromatic rings. The third kappa shape index (κ3) is 2.56. The van der Waals surface area contributed by atoms with Crippen molar-refractivity contribution in [2.24, 2.45) is 5.41 Å². The first kappa shape index (κ1) is 12.2. The molecule has 1 atom stereocenters. The van der Waals surface area contributed by atoms with E-state index in [4.69, 9.17) is 5.11 Å². The van der Waals surface area contributed by atoms with Gasteiger partial charge in [0.1, 0.15) is 0 Å². The summed E-state index contributed by atoms with van der Waals surface area (Å²) in [7, 11) is 0. The van der Waals surface area contributed by atoms with Crippen LogP contribution in [0.5, 0.6) is 0 Å². The van der Waals surface area contributed by atoms with Gasteiger partial charge in [-0.1, -0.05) is 6.92 Å². The first-order valence-corrected chi connectivity index (χ1v) is 5.87. The van der Waals surface area contributed by atoms with Crippen molar-refractivity contribution < 1.29 is 9.90 Å². The molecule has 0 amide bonds. The Morgan fingerprint density at radius 2 is 2.13 bits per heavy atom. The van der Waals surface area contributed by atoms with Crippen LogP contribution in [0.1, 0.15) is 35.8 Å². The fourth-order valence-corrected chi connectivity index (χ4v) is 2.42. The number of hydrogen-bond acceptors (Lipinski definition) is 3. The van der Waals surface area contributed by atoms with Crippen molar-refractivity contribution in [3.05, 3.63) is 15.6 Å². The Kier molecular flexibility index (Phi) is 3.50. The molecule has 0 radical (unpaired) electrons. The Morgan fingerprint density at radius 1 is 1.53 bits per heavy atom. The Morgan fingerprint density at radius 3 is 2.47 bits per heavy atom. The van der Waals surface area contributed by atoms with Gasteiger partial charge in [-0.05, 0) is 27.2 Å². The van der Waals surface area contributed by atoms with Crippen molar-refractivity contribution in [2.75, 3.05) is 0 Å². The van der Waals surface area contributed by atoms with E-state index in [0.29, 0.717) is 12.8 Å². The molecule has 0 aromatic carbocycles. The minimum absolute atomic E-state index is 0.526. The van der Waals surface area contributed by atoms with Gasteiger partial charge in [0.25, 0.3) is 0 Å². The maximum absolute atomic E-state index is 11.1. The van der Waals surface area contributed by atoms with Crippen LogP contribution >= 0.6 is 11.3 Å². The highest BCUT2D eigenvalue weighted by Crippen LogP contribution is 2.29. The fourth-order valence-electron chi connectivity index (χ4n) is 1.30. The molecule has 84 valence electrons. The zero-order chi connectivity index (χ0) is 11.6. The van der Waals surface area contributed by atoms with Crippen LogP contribution in [0.4, 0.5) is 0 Å².